The summed E-state index contributed by atoms with van der Waals surface area (Å²) in [6.45, 7) is 2.90. The smallest absolute Gasteiger partial charge is 0.200 e. The van der Waals surface area contributed by atoms with E-state index in [9.17, 15) is 0 Å². The Balaban J connectivity index is 2.01. The van der Waals surface area contributed by atoms with Crippen LogP contribution in [0.15, 0.2) is 18.3 Å². The molecule has 2 rings (SSSR count). The zero-order valence-electron chi connectivity index (χ0n) is 10.3. The number of anilines is 1. The van der Waals surface area contributed by atoms with E-state index in [2.05, 4.69) is 21.3 Å². The molecule has 2 aromatic rings. The van der Waals surface area contributed by atoms with E-state index in [4.69, 9.17) is 10.5 Å². The Bertz CT molecular complexity index is 500. The van der Waals surface area contributed by atoms with Gasteiger partial charge in [0.25, 0.3) is 0 Å². The second-order valence-corrected chi connectivity index (χ2v) is 4.67. The third kappa shape index (κ3) is 3.40. The molecule has 0 fully saturated rings. The summed E-state index contributed by atoms with van der Waals surface area (Å²) < 4.78 is 9.78. The number of rotatable bonds is 6. The van der Waals surface area contributed by atoms with E-state index in [-0.39, 0.29) is 0 Å². The van der Waals surface area contributed by atoms with E-state index in [1.54, 1.807) is 6.20 Å². The largest absolute Gasteiger partial charge is 0.493 e. The van der Waals surface area contributed by atoms with Crippen LogP contribution >= 0.6 is 11.5 Å². The lowest BCUT2D eigenvalue weighted by Gasteiger charge is -2.05. The van der Waals surface area contributed by atoms with Crippen LogP contribution in [-0.4, -0.2) is 20.9 Å². The summed E-state index contributed by atoms with van der Waals surface area (Å²) in [6, 6.07) is 3.68. The molecule has 0 spiro atoms. The molecule has 2 heterocycles. The molecule has 0 aliphatic heterocycles. The van der Waals surface area contributed by atoms with Gasteiger partial charge < -0.3 is 10.5 Å². The normalized spacial score (nSPS) is 10.5. The molecule has 0 bridgehead atoms. The number of unbranched alkanes of at least 4 members (excludes halogenated alkanes) is 2. The van der Waals surface area contributed by atoms with Gasteiger partial charge in [0.2, 0.25) is 0 Å². The zero-order valence-corrected chi connectivity index (χ0v) is 11.1. The molecule has 0 unspecified atom stereocenters. The van der Waals surface area contributed by atoms with Crippen LogP contribution in [-0.2, 0) is 0 Å². The number of pyridine rings is 1. The van der Waals surface area contributed by atoms with Gasteiger partial charge in [0, 0.05) is 23.8 Å². The summed E-state index contributed by atoms with van der Waals surface area (Å²) in [5.41, 5.74) is 6.24. The number of nitrogens with zero attached hydrogens (tertiary/aromatic N) is 3. The van der Waals surface area contributed by atoms with E-state index < -0.39 is 0 Å². The van der Waals surface area contributed by atoms with Crippen molar-refractivity contribution in [2.24, 2.45) is 0 Å². The lowest BCUT2D eigenvalue weighted by Crippen LogP contribution is -1.97. The first-order valence-electron chi connectivity index (χ1n) is 5.98. The van der Waals surface area contributed by atoms with Gasteiger partial charge in [-0.25, -0.2) is 0 Å². The quantitative estimate of drug-likeness (QED) is 0.812. The molecule has 0 saturated carbocycles. The average molecular weight is 264 g/mol. The molecule has 0 saturated heterocycles. The first kappa shape index (κ1) is 12.8. The van der Waals surface area contributed by atoms with E-state index >= 15 is 0 Å². The number of nitrogens with two attached hydrogens (primary N) is 1. The number of hydrogen-bond donors (Lipinski definition) is 1. The van der Waals surface area contributed by atoms with Crippen molar-refractivity contribution >= 4 is 16.7 Å². The standard InChI is InChI=1S/C12H16N4OS/c1-2-3-4-7-17-9-5-6-14-10(8-9)11-15-12(13)18-16-11/h5-6,8H,2-4,7H2,1H3,(H2,13,15,16). The Morgan fingerprint density at radius 1 is 1.39 bits per heavy atom. The van der Waals surface area contributed by atoms with Crippen LogP contribution in [0.1, 0.15) is 26.2 Å². The molecule has 6 heteroatoms. The van der Waals surface area contributed by atoms with Crippen molar-refractivity contribution in [3.8, 4) is 17.3 Å². The Labute approximate surface area is 110 Å². The minimum absolute atomic E-state index is 0.445. The van der Waals surface area contributed by atoms with E-state index in [0.717, 1.165) is 18.8 Å². The van der Waals surface area contributed by atoms with Gasteiger partial charge in [-0.15, -0.1) is 0 Å². The van der Waals surface area contributed by atoms with Gasteiger partial charge in [-0.1, -0.05) is 19.8 Å². The maximum Gasteiger partial charge on any atom is 0.200 e. The average Bonchev–Trinajstić information content (AvgIpc) is 2.82. The Kier molecular flexibility index (Phi) is 4.46. The van der Waals surface area contributed by atoms with Gasteiger partial charge in [-0.3, -0.25) is 4.98 Å². The summed E-state index contributed by atoms with van der Waals surface area (Å²) in [6.07, 6.45) is 5.13. The first-order chi connectivity index (χ1) is 8.79. The summed E-state index contributed by atoms with van der Waals surface area (Å²) in [7, 11) is 0. The molecule has 0 radical (unpaired) electrons. The molecule has 0 aliphatic rings. The van der Waals surface area contributed by atoms with Crippen LogP contribution in [0.4, 0.5) is 5.13 Å². The molecule has 2 N–H and O–H groups in total. The van der Waals surface area contributed by atoms with Crippen LogP contribution in [0.2, 0.25) is 0 Å². The van der Waals surface area contributed by atoms with Gasteiger partial charge >= 0.3 is 0 Å². The monoisotopic (exact) mass is 264 g/mol. The zero-order chi connectivity index (χ0) is 12.8. The fourth-order valence-electron chi connectivity index (χ4n) is 1.50. The van der Waals surface area contributed by atoms with Crippen molar-refractivity contribution in [3.05, 3.63) is 18.3 Å². The van der Waals surface area contributed by atoms with Crippen LogP contribution in [0, 0.1) is 0 Å². The number of hydrogen-bond acceptors (Lipinski definition) is 6. The van der Waals surface area contributed by atoms with Gasteiger partial charge in [0.1, 0.15) is 11.4 Å². The maximum absolute atomic E-state index is 5.65. The Morgan fingerprint density at radius 2 is 2.28 bits per heavy atom. The molecule has 96 valence electrons. The summed E-state index contributed by atoms with van der Waals surface area (Å²) in [5.74, 6) is 1.35. The molecule has 0 amide bonds. The van der Waals surface area contributed by atoms with Crippen LogP contribution in [0.3, 0.4) is 0 Å². The predicted octanol–water partition coefficient (Wildman–Crippen LogP) is 2.75. The Morgan fingerprint density at radius 3 is 3.00 bits per heavy atom. The van der Waals surface area contributed by atoms with Crippen LogP contribution in [0.5, 0.6) is 5.75 Å². The van der Waals surface area contributed by atoms with Crippen molar-refractivity contribution in [2.45, 2.75) is 26.2 Å². The molecule has 18 heavy (non-hydrogen) atoms. The number of ether oxygens (including phenoxy) is 1. The number of aromatic nitrogens is 3. The third-order valence-electron chi connectivity index (χ3n) is 2.42. The van der Waals surface area contributed by atoms with Crippen LogP contribution < -0.4 is 10.5 Å². The second-order valence-electron chi connectivity index (χ2n) is 3.89. The van der Waals surface area contributed by atoms with Gasteiger partial charge in [-0.2, -0.15) is 9.36 Å². The highest BCUT2D eigenvalue weighted by Crippen LogP contribution is 2.21. The highest BCUT2D eigenvalue weighted by atomic mass is 32.1. The molecule has 0 aromatic carbocycles. The van der Waals surface area contributed by atoms with Gasteiger partial charge in [0.05, 0.1) is 6.61 Å². The topological polar surface area (TPSA) is 73.9 Å². The van der Waals surface area contributed by atoms with Crippen molar-refractivity contribution < 1.29 is 4.74 Å². The second kappa shape index (κ2) is 6.30. The first-order valence-corrected chi connectivity index (χ1v) is 6.75. The van der Waals surface area contributed by atoms with Crippen molar-refractivity contribution in [1.82, 2.24) is 14.3 Å². The molecular weight excluding hydrogens is 248 g/mol. The summed E-state index contributed by atoms with van der Waals surface area (Å²) in [4.78, 5) is 8.31. The minimum atomic E-state index is 0.445. The van der Waals surface area contributed by atoms with E-state index in [1.165, 1.54) is 24.4 Å². The van der Waals surface area contributed by atoms with E-state index in [0.29, 0.717) is 16.6 Å². The fourth-order valence-corrected chi connectivity index (χ4v) is 1.95. The summed E-state index contributed by atoms with van der Waals surface area (Å²) in [5, 5.41) is 0.445. The highest BCUT2D eigenvalue weighted by Gasteiger charge is 2.07. The van der Waals surface area contributed by atoms with Crippen molar-refractivity contribution in [1.29, 1.82) is 0 Å². The predicted molar refractivity (Wildman–Crippen MR) is 72.6 cm³/mol. The maximum atomic E-state index is 5.65. The van der Waals surface area contributed by atoms with E-state index in [1.807, 2.05) is 12.1 Å². The highest BCUT2D eigenvalue weighted by molar-refractivity contribution is 7.09. The Hall–Kier alpha value is -1.69. The lowest BCUT2D eigenvalue weighted by molar-refractivity contribution is 0.306. The fraction of sp³-hybridized carbons (Fsp3) is 0.417. The number of nitrogen functional groups attached to an aromatic ring is 1. The van der Waals surface area contributed by atoms with Crippen LogP contribution in [0.25, 0.3) is 11.5 Å². The van der Waals surface area contributed by atoms with Crippen molar-refractivity contribution in [2.75, 3.05) is 12.3 Å². The summed E-state index contributed by atoms with van der Waals surface area (Å²) >= 11 is 1.17. The molecular formula is C12H16N4OS. The van der Waals surface area contributed by atoms with Crippen molar-refractivity contribution in [3.63, 3.8) is 0 Å². The molecule has 0 atom stereocenters. The SMILES string of the molecule is CCCCCOc1ccnc(-c2nsc(N)n2)c1. The minimum Gasteiger partial charge on any atom is -0.493 e. The molecule has 0 aliphatic carbocycles. The third-order valence-corrected chi connectivity index (χ3v) is 2.96. The lowest BCUT2D eigenvalue weighted by atomic mass is 10.3. The molecule has 2 aromatic heterocycles. The van der Waals surface area contributed by atoms with Gasteiger partial charge in [0.15, 0.2) is 11.0 Å². The molecule has 5 nitrogen and oxygen atoms in total. The van der Waals surface area contributed by atoms with Gasteiger partial charge in [-0.05, 0) is 12.5 Å².